The summed E-state index contributed by atoms with van der Waals surface area (Å²) in [6, 6.07) is 21.5. The lowest BCUT2D eigenvalue weighted by molar-refractivity contribution is 0.485. The van der Waals surface area contributed by atoms with Gasteiger partial charge in [-0.2, -0.15) is 0 Å². The Morgan fingerprint density at radius 1 is 0.652 bits per heavy atom. The average Bonchev–Trinajstić information content (AvgIpc) is 3.23. The molecule has 0 N–H and O–H groups in total. The Kier molecular flexibility index (Phi) is 4.18. The summed E-state index contributed by atoms with van der Waals surface area (Å²) in [6.45, 7) is 0. The van der Waals surface area contributed by atoms with Gasteiger partial charge in [-0.3, -0.25) is 0 Å². The molecule has 2 aromatic carbocycles. The van der Waals surface area contributed by atoms with Crippen LogP contribution in [0.1, 0.15) is 49.7 Å². The van der Waals surface area contributed by atoms with Crippen LogP contribution in [0.2, 0.25) is 0 Å². The van der Waals surface area contributed by atoms with E-state index in [1.807, 2.05) is 0 Å². The van der Waals surface area contributed by atoms with E-state index in [2.05, 4.69) is 66.4 Å². The molecule has 2 aromatic rings. The quantitative estimate of drug-likeness (QED) is 0.575. The van der Waals surface area contributed by atoms with Gasteiger partial charge in [-0.15, -0.1) is 5.73 Å². The second kappa shape index (κ2) is 6.60. The van der Waals surface area contributed by atoms with Crippen molar-refractivity contribution in [1.29, 1.82) is 0 Å². The Labute approximate surface area is 139 Å². The standard InChI is InChI=1S/C23H24/c1-2-10-16-21-20(15-9-1)23(21)17-22(18-11-5-3-6-12-18)19-13-7-4-8-14-19/h3-8,11-14,20-21H,1-2,9-10,15-16H2. The first-order valence-corrected chi connectivity index (χ1v) is 9.05. The molecule has 0 aromatic heterocycles. The van der Waals surface area contributed by atoms with Gasteiger partial charge in [0.2, 0.25) is 0 Å². The maximum absolute atomic E-state index is 3.85. The van der Waals surface area contributed by atoms with E-state index in [0.717, 1.165) is 11.8 Å². The Hall–Kier alpha value is -2.04. The fourth-order valence-electron chi connectivity index (χ4n) is 4.02. The van der Waals surface area contributed by atoms with Gasteiger partial charge in [-0.05, 0) is 41.4 Å². The van der Waals surface area contributed by atoms with Gasteiger partial charge in [-0.1, -0.05) is 86.3 Å². The van der Waals surface area contributed by atoms with Crippen LogP contribution in [0.4, 0.5) is 0 Å². The zero-order chi connectivity index (χ0) is 15.5. The monoisotopic (exact) mass is 300 g/mol. The minimum atomic E-state index is 0.817. The molecule has 0 heteroatoms. The number of fused-ring (bicyclic) bond motifs is 1. The summed E-state index contributed by atoms with van der Waals surface area (Å²) in [5, 5.41) is 0. The highest BCUT2D eigenvalue weighted by molar-refractivity contribution is 5.80. The van der Waals surface area contributed by atoms with E-state index in [-0.39, 0.29) is 0 Å². The fourth-order valence-corrected chi connectivity index (χ4v) is 4.02. The van der Waals surface area contributed by atoms with Gasteiger partial charge in [-0.25, -0.2) is 0 Å². The third-order valence-electron chi connectivity index (χ3n) is 5.35. The molecule has 2 unspecified atom stereocenters. The maximum atomic E-state index is 3.85. The van der Waals surface area contributed by atoms with Crippen molar-refractivity contribution in [3.05, 3.63) is 83.1 Å². The minimum absolute atomic E-state index is 0.817. The van der Waals surface area contributed by atoms with Gasteiger partial charge in [0.15, 0.2) is 0 Å². The second-order valence-electron chi connectivity index (χ2n) is 6.89. The third kappa shape index (κ3) is 3.19. The Balaban J connectivity index is 1.78. The molecule has 0 amide bonds. The molecule has 0 bridgehead atoms. The lowest BCUT2D eigenvalue weighted by Gasteiger charge is -2.05. The predicted octanol–water partition coefficient (Wildman–Crippen LogP) is 6.24. The Bertz CT molecular complexity index is 660. The normalized spacial score (nSPS) is 23.2. The molecule has 4 rings (SSSR count). The SMILES string of the molecule is C(=C(c1ccccc1)c1ccccc1)=C1C2CCCCCCC12. The molecule has 0 spiro atoms. The molecule has 2 saturated carbocycles. The third-order valence-corrected chi connectivity index (χ3v) is 5.35. The first-order valence-electron chi connectivity index (χ1n) is 9.05. The smallest absolute Gasteiger partial charge is 0.0309 e. The van der Waals surface area contributed by atoms with Crippen LogP contribution in [-0.2, 0) is 0 Å². The van der Waals surface area contributed by atoms with Crippen LogP contribution in [-0.4, -0.2) is 0 Å². The van der Waals surface area contributed by atoms with Crippen LogP contribution in [0.3, 0.4) is 0 Å². The molecule has 2 fully saturated rings. The van der Waals surface area contributed by atoms with Crippen molar-refractivity contribution < 1.29 is 0 Å². The molecule has 23 heavy (non-hydrogen) atoms. The maximum Gasteiger partial charge on any atom is 0.0309 e. The van der Waals surface area contributed by atoms with Gasteiger partial charge in [0.25, 0.3) is 0 Å². The first-order chi connectivity index (χ1) is 11.4. The average molecular weight is 300 g/mol. The predicted molar refractivity (Wildman–Crippen MR) is 97.1 cm³/mol. The summed E-state index contributed by atoms with van der Waals surface area (Å²) < 4.78 is 0. The van der Waals surface area contributed by atoms with E-state index in [4.69, 9.17) is 0 Å². The van der Waals surface area contributed by atoms with E-state index >= 15 is 0 Å². The van der Waals surface area contributed by atoms with Gasteiger partial charge in [0.05, 0.1) is 0 Å². The Morgan fingerprint density at radius 3 is 1.61 bits per heavy atom. The van der Waals surface area contributed by atoms with Crippen molar-refractivity contribution in [1.82, 2.24) is 0 Å². The molecule has 2 aliphatic carbocycles. The zero-order valence-corrected chi connectivity index (χ0v) is 13.7. The molecular weight excluding hydrogens is 276 g/mol. The summed E-state index contributed by atoms with van der Waals surface area (Å²) in [5.41, 5.74) is 9.28. The summed E-state index contributed by atoms with van der Waals surface area (Å²) in [4.78, 5) is 0. The van der Waals surface area contributed by atoms with Gasteiger partial charge < -0.3 is 0 Å². The molecule has 0 heterocycles. The lowest BCUT2D eigenvalue weighted by Crippen LogP contribution is -1.90. The first kappa shape index (κ1) is 14.5. The van der Waals surface area contributed by atoms with Crippen LogP contribution in [0.15, 0.2) is 72.0 Å². The highest BCUT2D eigenvalue weighted by Gasteiger charge is 2.43. The van der Waals surface area contributed by atoms with Crippen molar-refractivity contribution in [2.24, 2.45) is 11.8 Å². The Morgan fingerprint density at radius 2 is 1.13 bits per heavy atom. The molecule has 2 aliphatic rings. The number of allylic oxidation sites excluding steroid dienone is 1. The van der Waals surface area contributed by atoms with Crippen molar-refractivity contribution in [2.45, 2.75) is 38.5 Å². The highest BCUT2D eigenvalue weighted by atomic mass is 14.5. The molecule has 0 radical (unpaired) electrons. The second-order valence-corrected chi connectivity index (χ2v) is 6.89. The zero-order valence-electron chi connectivity index (χ0n) is 13.7. The number of benzene rings is 2. The number of hydrogen-bond donors (Lipinski definition) is 0. The van der Waals surface area contributed by atoms with Gasteiger partial charge in [0, 0.05) is 5.57 Å². The summed E-state index contributed by atoms with van der Waals surface area (Å²) in [6.07, 6.45) is 8.40. The highest BCUT2D eigenvalue weighted by Crippen LogP contribution is 2.53. The van der Waals surface area contributed by atoms with E-state index in [9.17, 15) is 0 Å². The van der Waals surface area contributed by atoms with Crippen LogP contribution < -0.4 is 0 Å². The summed E-state index contributed by atoms with van der Waals surface area (Å²) in [7, 11) is 0. The molecule has 2 atom stereocenters. The molecule has 0 aliphatic heterocycles. The van der Waals surface area contributed by atoms with Crippen molar-refractivity contribution in [3.8, 4) is 0 Å². The van der Waals surface area contributed by atoms with Crippen molar-refractivity contribution in [3.63, 3.8) is 0 Å². The summed E-state index contributed by atoms with van der Waals surface area (Å²) >= 11 is 0. The largest absolute Gasteiger partial charge is 0.112 e. The van der Waals surface area contributed by atoms with Crippen molar-refractivity contribution in [2.75, 3.05) is 0 Å². The van der Waals surface area contributed by atoms with Crippen LogP contribution >= 0.6 is 0 Å². The number of hydrogen-bond acceptors (Lipinski definition) is 0. The molecule has 0 nitrogen and oxygen atoms in total. The summed E-state index contributed by atoms with van der Waals surface area (Å²) in [5.74, 6) is 1.63. The van der Waals surface area contributed by atoms with E-state index in [1.165, 1.54) is 55.2 Å². The lowest BCUT2D eigenvalue weighted by atomic mass is 9.98. The van der Waals surface area contributed by atoms with Crippen LogP contribution in [0, 0.1) is 11.8 Å². The van der Waals surface area contributed by atoms with E-state index in [0.29, 0.717) is 0 Å². The number of rotatable bonds is 2. The minimum Gasteiger partial charge on any atom is -0.112 e. The van der Waals surface area contributed by atoms with Crippen LogP contribution in [0.25, 0.3) is 5.57 Å². The van der Waals surface area contributed by atoms with Gasteiger partial charge in [0.1, 0.15) is 0 Å². The fraction of sp³-hybridized carbons (Fsp3) is 0.348. The van der Waals surface area contributed by atoms with Crippen molar-refractivity contribution >= 4 is 5.57 Å². The van der Waals surface area contributed by atoms with Gasteiger partial charge >= 0.3 is 0 Å². The molecule has 116 valence electrons. The topological polar surface area (TPSA) is 0 Å². The molecular formula is C23H24. The van der Waals surface area contributed by atoms with Crippen LogP contribution in [0.5, 0.6) is 0 Å². The van der Waals surface area contributed by atoms with E-state index in [1.54, 1.807) is 5.57 Å². The molecule has 0 saturated heterocycles. The van der Waals surface area contributed by atoms with E-state index < -0.39 is 0 Å².